The van der Waals surface area contributed by atoms with E-state index in [-0.39, 0.29) is 12.5 Å². The third kappa shape index (κ3) is 6.23. The number of benzene rings is 2. The maximum absolute atomic E-state index is 12.4. The number of nitrogens with one attached hydrogen (secondary N) is 1. The number of esters is 1. The molecule has 1 heterocycles. The fraction of sp³-hybridized carbons (Fsp3) is 0.190. The van der Waals surface area contributed by atoms with E-state index in [2.05, 4.69) is 76.2 Å². The number of thioether (sulfide) groups is 1. The standard InChI is InChI=1S/C21H17BrI2N2O4S/c1-10-4-13(5-11(2)18(10)22)25-21-26-20(28)16(31-21)8-12-6-14(23)19(15(24)7-12)30-9-17(27)29-3/h4-8H,9H2,1-3H3,(H,25,26,28)/b16-8-. The molecule has 3 rings (SSSR count). The van der Waals surface area contributed by atoms with E-state index in [1.165, 1.54) is 18.9 Å². The van der Waals surface area contributed by atoms with E-state index >= 15 is 0 Å². The van der Waals surface area contributed by atoms with E-state index in [4.69, 9.17) is 4.74 Å². The first-order valence-corrected chi connectivity index (χ1v) is 12.7. The molecule has 1 saturated heterocycles. The summed E-state index contributed by atoms with van der Waals surface area (Å²) in [6.07, 6.45) is 1.81. The van der Waals surface area contributed by atoms with Crippen LogP contribution in [-0.2, 0) is 14.3 Å². The Labute approximate surface area is 220 Å². The molecule has 0 radical (unpaired) electrons. The third-order valence-electron chi connectivity index (χ3n) is 4.18. The summed E-state index contributed by atoms with van der Waals surface area (Å²) in [5, 5.41) is 3.36. The molecule has 31 heavy (non-hydrogen) atoms. The van der Waals surface area contributed by atoms with Crippen molar-refractivity contribution in [2.24, 2.45) is 4.99 Å². The number of hydrogen-bond acceptors (Lipinski definition) is 6. The number of nitrogens with zero attached hydrogens (tertiary/aromatic N) is 1. The summed E-state index contributed by atoms with van der Waals surface area (Å²) < 4.78 is 12.9. The van der Waals surface area contributed by atoms with Gasteiger partial charge in [0.15, 0.2) is 11.8 Å². The molecule has 1 N–H and O–H groups in total. The molecule has 1 amide bonds. The summed E-state index contributed by atoms with van der Waals surface area (Å²) in [5.74, 6) is -0.0226. The average molecular weight is 727 g/mol. The van der Waals surface area contributed by atoms with Gasteiger partial charge in [-0.3, -0.25) is 4.79 Å². The van der Waals surface area contributed by atoms with Crippen molar-refractivity contribution >= 4 is 102 Å². The van der Waals surface area contributed by atoms with Gasteiger partial charge in [0.25, 0.3) is 5.91 Å². The van der Waals surface area contributed by atoms with Crippen molar-refractivity contribution < 1.29 is 19.1 Å². The number of amidine groups is 1. The number of rotatable bonds is 5. The van der Waals surface area contributed by atoms with Crippen LogP contribution < -0.4 is 10.1 Å². The number of ether oxygens (including phenoxy) is 2. The lowest BCUT2D eigenvalue weighted by Gasteiger charge is -2.10. The van der Waals surface area contributed by atoms with Crippen molar-refractivity contribution in [2.75, 3.05) is 13.7 Å². The Hall–Kier alpha value is -1.12. The van der Waals surface area contributed by atoms with E-state index in [9.17, 15) is 9.59 Å². The summed E-state index contributed by atoms with van der Waals surface area (Å²) in [4.78, 5) is 28.9. The Kier molecular flexibility index (Phi) is 8.44. The predicted octanol–water partition coefficient (Wildman–Crippen LogP) is 5.72. The fourth-order valence-electron chi connectivity index (χ4n) is 2.73. The molecule has 2 aromatic carbocycles. The molecule has 0 atom stereocenters. The molecule has 1 fully saturated rings. The zero-order valence-electron chi connectivity index (χ0n) is 16.7. The van der Waals surface area contributed by atoms with Crippen molar-refractivity contribution in [2.45, 2.75) is 13.8 Å². The topological polar surface area (TPSA) is 77.0 Å². The minimum atomic E-state index is -0.445. The second-order valence-electron chi connectivity index (χ2n) is 6.55. The Morgan fingerprint density at radius 2 is 1.81 bits per heavy atom. The first kappa shape index (κ1) is 24.5. The first-order valence-electron chi connectivity index (χ1n) is 8.93. The Bertz CT molecular complexity index is 1090. The highest BCUT2D eigenvalue weighted by molar-refractivity contribution is 14.1. The van der Waals surface area contributed by atoms with Crippen LogP contribution >= 0.6 is 72.9 Å². The lowest BCUT2D eigenvalue weighted by atomic mass is 10.1. The van der Waals surface area contributed by atoms with Gasteiger partial charge < -0.3 is 14.8 Å². The molecule has 10 heteroatoms. The van der Waals surface area contributed by atoms with Gasteiger partial charge in [0.05, 0.1) is 24.8 Å². The number of methoxy groups -OCH3 is 1. The van der Waals surface area contributed by atoms with Gasteiger partial charge >= 0.3 is 5.97 Å². The van der Waals surface area contributed by atoms with E-state index in [0.717, 1.165) is 34.0 Å². The van der Waals surface area contributed by atoms with E-state index < -0.39 is 5.97 Å². The molecule has 0 spiro atoms. The number of amides is 1. The predicted molar refractivity (Wildman–Crippen MR) is 144 cm³/mol. The van der Waals surface area contributed by atoms with Gasteiger partial charge in [-0.25, -0.2) is 9.79 Å². The average Bonchev–Trinajstić information content (AvgIpc) is 3.03. The zero-order chi connectivity index (χ0) is 22.7. The molecule has 0 aromatic heterocycles. The highest BCUT2D eigenvalue weighted by Crippen LogP contribution is 2.33. The summed E-state index contributed by atoms with van der Waals surface area (Å²) in [6, 6.07) is 7.73. The third-order valence-corrected chi connectivity index (χ3v) is 7.95. The Morgan fingerprint density at radius 1 is 1.19 bits per heavy atom. The van der Waals surface area contributed by atoms with E-state index in [1.54, 1.807) is 0 Å². The number of halogens is 3. The zero-order valence-corrected chi connectivity index (χ0v) is 23.4. The van der Waals surface area contributed by atoms with Crippen molar-refractivity contribution in [3.63, 3.8) is 0 Å². The summed E-state index contributed by atoms with van der Waals surface area (Å²) >= 11 is 9.14. The molecule has 0 aliphatic carbocycles. The SMILES string of the molecule is COC(=O)COc1c(I)cc(/C=C2\SC(=Nc3cc(C)c(Br)c(C)c3)NC2=O)cc1I. The van der Waals surface area contributed by atoms with Gasteiger partial charge in [0.1, 0.15) is 5.75 Å². The normalized spacial score (nSPS) is 16.0. The van der Waals surface area contributed by atoms with Crippen LogP contribution in [0, 0.1) is 21.0 Å². The number of carbonyl (C=O) groups is 2. The maximum atomic E-state index is 12.4. The largest absolute Gasteiger partial charge is 0.480 e. The molecule has 1 aliphatic rings. The minimum Gasteiger partial charge on any atom is -0.480 e. The highest BCUT2D eigenvalue weighted by Gasteiger charge is 2.24. The van der Waals surface area contributed by atoms with Crippen LogP contribution in [0.15, 0.2) is 38.6 Å². The monoisotopic (exact) mass is 726 g/mol. The van der Waals surface area contributed by atoms with Crippen LogP contribution in [0.3, 0.4) is 0 Å². The lowest BCUT2D eigenvalue weighted by Crippen LogP contribution is -2.19. The highest BCUT2D eigenvalue weighted by atomic mass is 127. The van der Waals surface area contributed by atoms with Gasteiger partial charge in [-0.15, -0.1) is 0 Å². The molecule has 162 valence electrons. The van der Waals surface area contributed by atoms with Gasteiger partial charge in [-0.1, -0.05) is 15.9 Å². The van der Waals surface area contributed by atoms with E-state index in [0.29, 0.717) is 15.8 Å². The van der Waals surface area contributed by atoms with E-state index in [1.807, 2.05) is 44.2 Å². The van der Waals surface area contributed by atoms with Crippen LogP contribution in [0.1, 0.15) is 16.7 Å². The van der Waals surface area contributed by atoms with Crippen molar-refractivity contribution in [3.8, 4) is 5.75 Å². The number of aliphatic imine (C=N–C) groups is 1. The maximum Gasteiger partial charge on any atom is 0.343 e. The second-order valence-corrected chi connectivity index (χ2v) is 10.7. The Morgan fingerprint density at radius 3 is 2.39 bits per heavy atom. The van der Waals surface area contributed by atoms with Crippen molar-refractivity contribution in [3.05, 3.63) is 57.5 Å². The first-order chi connectivity index (χ1) is 14.7. The lowest BCUT2D eigenvalue weighted by molar-refractivity contribution is -0.142. The molecule has 0 unspecified atom stereocenters. The molecule has 6 nitrogen and oxygen atoms in total. The van der Waals surface area contributed by atoms with Gasteiger partial charge in [0.2, 0.25) is 0 Å². The summed E-state index contributed by atoms with van der Waals surface area (Å²) in [5.41, 5.74) is 3.82. The van der Waals surface area contributed by atoms with Gasteiger partial charge in [0, 0.05) is 4.47 Å². The Balaban J connectivity index is 1.81. The van der Waals surface area contributed by atoms with Gasteiger partial charge in [-0.2, -0.15) is 0 Å². The van der Waals surface area contributed by atoms with Crippen LogP contribution in [0.25, 0.3) is 6.08 Å². The van der Waals surface area contributed by atoms with Crippen LogP contribution in [0.2, 0.25) is 0 Å². The van der Waals surface area contributed by atoms with Crippen LogP contribution in [0.4, 0.5) is 5.69 Å². The fourth-order valence-corrected chi connectivity index (χ4v) is 5.93. The molecule has 0 bridgehead atoms. The summed E-state index contributed by atoms with van der Waals surface area (Å²) in [7, 11) is 1.32. The second kappa shape index (κ2) is 10.7. The van der Waals surface area contributed by atoms with Crippen LogP contribution in [0.5, 0.6) is 5.75 Å². The molecular weight excluding hydrogens is 710 g/mol. The quantitative estimate of drug-likeness (QED) is 0.243. The van der Waals surface area contributed by atoms with Crippen molar-refractivity contribution in [1.82, 2.24) is 5.32 Å². The molecule has 1 aliphatic heterocycles. The number of hydrogen-bond donors (Lipinski definition) is 1. The smallest absolute Gasteiger partial charge is 0.343 e. The van der Waals surface area contributed by atoms with Crippen LogP contribution in [-0.4, -0.2) is 30.8 Å². The van der Waals surface area contributed by atoms with Gasteiger partial charge in [-0.05, 0) is 118 Å². The van der Waals surface area contributed by atoms with Crippen molar-refractivity contribution in [1.29, 1.82) is 0 Å². The number of aryl methyl sites for hydroxylation is 2. The minimum absolute atomic E-state index is 0.157. The number of carbonyl (C=O) groups excluding carboxylic acids is 2. The molecule has 0 saturated carbocycles. The molecular formula is C21H17BrI2N2O4S. The molecule has 2 aromatic rings. The summed E-state index contributed by atoms with van der Waals surface area (Å²) in [6.45, 7) is 3.86.